The van der Waals surface area contributed by atoms with Gasteiger partial charge in [-0.1, -0.05) is 56.3 Å². The first kappa shape index (κ1) is 12.4. The molecule has 0 amide bonds. The minimum Gasteiger partial charge on any atom is -0.313 e. The van der Waals surface area contributed by atoms with Gasteiger partial charge in [0.1, 0.15) is 0 Å². The number of benzene rings is 1. The summed E-state index contributed by atoms with van der Waals surface area (Å²) in [6.45, 7) is 6.83. The van der Waals surface area contributed by atoms with Crippen LogP contribution in [-0.2, 0) is 0 Å². The number of hydrogen-bond acceptors (Lipinski definition) is 1. The Bertz CT molecular complexity index is 360. The normalized spacial score (nSPS) is 17.8. The molecule has 1 aromatic carbocycles. The molecule has 0 spiro atoms. The molecule has 1 fully saturated rings. The monoisotopic (exact) mass is 229 g/mol. The number of rotatable bonds is 6. The van der Waals surface area contributed by atoms with Crippen molar-refractivity contribution in [3.8, 4) is 0 Å². The van der Waals surface area contributed by atoms with Crippen LogP contribution in [0.25, 0.3) is 6.08 Å². The van der Waals surface area contributed by atoms with Crippen molar-refractivity contribution in [3.05, 3.63) is 42.0 Å². The Hall–Kier alpha value is -1.08. The SMILES string of the molecule is CC(C)C1(CNC/C=C/c2ccccc2)CC1. The van der Waals surface area contributed by atoms with Gasteiger partial charge in [0, 0.05) is 13.1 Å². The predicted octanol–water partition coefficient (Wildman–Crippen LogP) is 3.73. The van der Waals surface area contributed by atoms with Crippen LogP contribution in [-0.4, -0.2) is 13.1 Å². The summed E-state index contributed by atoms with van der Waals surface area (Å²) in [5, 5.41) is 3.55. The molecule has 1 aliphatic carbocycles. The quantitative estimate of drug-likeness (QED) is 0.733. The molecule has 0 radical (unpaired) electrons. The number of hydrogen-bond donors (Lipinski definition) is 1. The fourth-order valence-corrected chi connectivity index (χ4v) is 2.28. The van der Waals surface area contributed by atoms with Gasteiger partial charge < -0.3 is 5.32 Å². The van der Waals surface area contributed by atoms with Crippen molar-refractivity contribution in [2.24, 2.45) is 11.3 Å². The van der Waals surface area contributed by atoms with Gasteiger partial charge in [-0.3, -0.25) is 0 Å². The Labute approximate surface area is 105 Å². The van der Waals surface area contributed by atoms with Crippen LogP contribution >= 0.6 is 0 Å². The zero-order valence-corrected chi connectivity index (χ0v) is 10.9. The van der Waals surface area contributed by atoms with Gasteiger partial charge in [0.2, 0.25) is 0 Å². The Kier molecular flexibility index (Phi) is 4.01. The van der Waals surface area contributed by atoms with E-state index in [0.717, 1.165) is 12.5 Å². The van der Waals surface area contributed by atoms with Crippen LogP contribution in [0.4, 0.5) is 0 Å². The van der Waals surface area contributed by atoms with Crippen molar-refractivity contribution in [1.29, 1.82) is 0 Å². The molecule has 0 aromatic heterocycles. The molecule has 0 bridgehead atoms. The average molecular weight is 229 g/mol. The predicted molar refractivity (Wildman–Crippen MR) is 74.9 cm³/mol. The summed E-state index contributed by atoms with van der Waals surface area (Å²) in [5.41, 5.74) is 1.89. The van der Waals surface area contributed by atoms with E-state index < -0.39 is 0 Å². The van der Waals surface area contributed by atoms with Crippen molar-refractivity contribution in [2.45, 2.75) is 26.7 Å². The first-order valence-corrected chi connectivity index (χ1v) is 6.65. The Morgan fingerprint density at radius 3 is 2.53 bits per heavy atom. The van der Waals surface area contributed by atoms with Gasteiger partial charge in [-0.2, -0.15) is 0 Å². The molecule has 1 saturated carbocycles. The third kappa shape index (κ3) is 3.44. The zero-order valence-electron chi connectivity index (χ0n) is 10.9. The van der Waals surface area contributed by atoms with E-state index in [-0.39, 0.29) is 0 Å². The van der Waals surface area contributed by atoms with Gasteiger partial charge >= 0.3 is 0 Å². The molecule has 92 valence electrons. The van der Waals surface area contributed by atoms with E-state index in [0.29, 0.717) is 5.41 Å². The van der Waals surface area contributed by atoms with Gasteiger partial charge in [0.25, 0.3) is 0 Å². The summed E-state index contributed by atoms with van der Waals surface area (Å²) < 4.78 is 0. The van der Waals surface area contributed by atoms with Crippen LogP contribution in [0.3, 0.4) is 0 Å². The molecule has 1 nitrogen and oxygen atoms in total. The molecule has 0 unspecified atom stereocenters. The van der Waals surface area contributed by atoms with Gasteiger partial charge in [-0.05, 0) is 29.7 Å². The molecule has 1 N–H and O–H groups in total. The standard InChI is InChI=1S/C16H23N/c1-14(2)16(10-11-16)13-17-12-6-9-15-7-4-3-5-8-15/h3-9,14,17H,10-13H2,1-2H3/b9-6+. The maximum atomic E-state index is 3.55. The lowest BCUT2D eigenvalue weighted by Crippen LogP contribution is -2.27. The first-order chi connectivity index (χ1) is 8.23. The Balaban J connectivity index is 1.69. The van der Waals surface area contributed by atoms with Crippen LogP contribution < -0.4 is 5.32 Å². The molecule has 0 heterocycles. The van der Waals surface area contributed by atoms with Crippen molar-refractivity contribution < 1.29 is 0 Å². The van der Waals surface area contributed by atoms with E-state index in [1.165, 1.54) is 24.9 Å². The highest BCUT2D eigenvalue weighted by molar-refractivity contribution is 5.48. The Morgan fingerprint density at radius 2 is 1.94 bits per heavy atom. The van der Waals surface area contributed by atoms with E-state index in [4.69, 9.17) is 0 Å². The highest BCUT2D eigenvalue weighted by Gasteiger charge is 2.44. The molecule has 0 aliphatic heterocycles. The van der Waals surface area contributed by atoms with Crippen LogP contribution in [0.15, 0.2) is 36.4 Å². The molecular weight excluding hydrogens is 206 g/mol. The van der Waals surface area contributed by atoms with Gasteiger partial charge in [-0.15, -0.1) is 0 Å². The second kappa shape index (κ2) is 5.50. The van der Waals surface area contributed by atoms with Crippen molar-refractivity contribution in [3.63, 3.8) is 0 Å². The average Bonchev–Trinajstić information content (AvgIpc) is 3.11. The van der Waals surface area contributed by atoms with Crippen molar-refractivity contribution >= 4 is 6.08 Å². The fraction of sp³-hybridized carbons (Fsp3) is 0.500. The molecule has 0 atom stereocenters. The summed E-state index contributed by atoms with van der Waals surface area (Å²) in [6, 6.07) is 10.5. The summed E-state index contributed by atoms with van der Waals surface area (Å²) in [7, 11) is 0. The van der Waals surface area contributed by atoms with Crippen LogP contribution in [0.2, 0.25) is 0 Å². The van der Waals surface area contributed by atoms with Crippen LogP contribution in [0, 0.1) is 11.3 Å². The summed E-state index contributed by atoms with van der Waals surface area (Å²) >= 11 is 0. The van der Waals surface area contributed by atoms with Gasteiger partial charge in [-0.25, -0.2) is 0 Å². The lowest BCUT2D eigenvalue weighted by molar-refractivity contribution is 0.344. The lowest BCUT2D eigenvalue weighted by atomic mass is 9.92. The van der Waals surface area contributed by atoms with E-state index in [1.54, 1.807) is 0 Å². The molecule has 0 saturated heterocycles. The van der Waals surface area contributed by atoms with Gasteiger partial charge in [0.15, 0.2) is 0 Å². The fourth-order valence-electron chi connectivity index (χ4n) is 2.28. The lowest BCUT2D eigenvalue weighted by Gasteiger charge is -2.19. The highest BCUT2D eigenvalue weighted by Crippen LogP contribution is 2.51. The largest absolute Gasteiger partial charge is 0.313 e. The molecule has 1 aliphatic rings. The molecule has 2 rings (SSSR count). The maximum Gasteiger partial charge on any atom is 0.0138 e. The summed E-state index contributed by atoms with van der Waals surface area (Å²) in [4.78, 5) is 0. The molecular formula is C16H23N. The molecule has 1 aromatic rings. The van der Waals surface area contributed by atoms with Crippen molar-refractivity contribution in [1.82, 2.24) is 5.32 Å². The molecule has 1 heteroatoms. The number of nitrogens with one attached hydrogen (secondary N) is 1. The minimum absolute atomic E-state index is 0.612. The topological polar surface area (TPSA) is 12.0 Å². The highest BCUT2D eigenvalue weighted by atomic mass is 14.9. The van der Waals surface area contributed by atoms with E-state index >= 15 is 0 Å². The summed E-state index contributed by atoms with van der Waals surface area (Å²) in [6.07, 6.45) is 7.20. The summed E-state index contributed by atoms with van der Waals surface area (Å²) in [5.74, 6) is 0.813. The van der Waals surface area contributed by atoms with E-state index in [2.05, 4.69) is 61.6 Å². The van der Waals surface area contributed by atoms with Crippen LogP contribution in [0.1, 0.15) is 32.3 Å². The van der Waals surface area contributed by atoms with E-state index in [1.807, 2.05) is 0 Å². The van der Waals surface area contributed by atoms with Crippen molar-refractivity contribution in [2.75, 3.05) is 13.1 Å². The maximum absolute atomic E-state index is 3.55. The smallest absolute Gasteiger partial charge is 0.0138 e. The van der Waals surface area contributed by atoms with Gasteiger partial charge in [0.05, 0.1) is 0 Å². The first-order valence-electron chi connectivity index (χ1n) is 6.65. The van der Waals surface area contributed by atoms with Crippen LogP contribution in [0.5, 0.6) is 0 Å². The zero-order chi connectivity index (χ0) is 12.1. The second-order valence-electron chi connectivity index (χ2n) is 5.46. The Morgan fingerprint density at radius 1 is 1.24 bits per heavy atom. The third-order valence-corrected chi connectivity index (χ3v) is 3.97. The second-order valence-corrected chi connectivity index (χ2v) is 5.46. The van der Waals surface area contributed by atoms with E-state index in [9.17, 15) is 0 Å². The third-order valence-electron chi connectivity index (χ3n) is 3.97. The molecule has 17 heavy (non-hydrogen) atoms. The minimum atomic E-state index is 0.612.